The lowest BCUT2D eigenvalue weighted by atomic mass is 10.1. The zero-order chi connectivity index (χ0) is 18.7. The molecule has 0 bridgehead atoms. The van der Waals surface area contributed by atoms with Crippen molar-refractivity contribution in [3.63, 3.8) is 0 Å². The Kier molecular flexibility index (Phi) is 5.69. The Bertz CT molecular complexity index is 902. The van der Waals surface area contributed by atoms with Crippen molar-refractivity contribution in [3.05, 3.63) is 59.2 Å². The fourth-order valence-corrected chi connectivity index (χ4v) is 3.93. The molecule has 136 valence electrons. The maximum absolute atomic E-state index is 13.0. The number of hydrogen-bond donors (Lipinski definition) is 1. The van der Waals surface area contributed by atoms with Crippen molar-refractivity contribution in [3.8, 4) is 0 Å². The van der Waals surface area contributed by atoms with Gasteiger partial charge in [-0.05, 0) is 36.6 Å². The number of quaternary nitrogens is 1. The van der Waals surface area contributed by atoms with Gasteiger partial charge in [0.15, 0.2) is 5.13 Å². The first-order valence-electron chi connectivity index (χ1n) is 8.96. The highest BCUT2D eigenvalue weighted by molar-refractivity contribution is 7.22. The van der Waals surface area contributed by atoms with Crippen LogP contribution in [0.5, 0.6) is 0 Å². The van der Waals surface area contributed by atoms with Gasteiger partial charge >= 0.3 is 0 Å². The van der Waals surface area contributed by atoms with Crippen LogP contribution < -0.4 is 9.80 Å². The zero-order valence-corrected chi connectivity index (χ0v) is 16.7. The van der Waals surface area contributed by atoms with Crippen molar-refractivity contribution in [2.24, 2.45) is 0 Å². The van der Waals surface area contributed by atoms with E-state index in [1.165, 1.54) is 16.0 Å². The standard InChI is InChI=1S/C21H25N3OS/c1-15-10-11-18-20(16(15)2)22-21(26-18)24(13-12-23(3)4)19(25)14-17-8-6-5-7-9-17/h5-11H,12-14H2,1-4H3/p+1. The molecule has 26 heavy (non-hydrogen) atoms. The van der Waals surface area contributed by atoms with Crippen LogP contribution in [0.25, 0.3) is 10.2 Å². The van der Waals surface area contributed by atoms with Gasteiger partial charge in [0.25, 0.3) is 0 Å². The van der Waals surface area contributed by atoms with Crippen LogP contribution in [0.1, 0.15) is 16.7 Å². The van der Waals surface area contributed by atoms with E-state index in [-0.39, 0.29) is 5.91 Å². The highest BCUT2D eigenvalue weighted by atomic mass is 32.1. The van der Waals surface area contributed by atoms with E-state index in [0.29, 0.717) is 13.0 Å². The average Bonchev–Trinajstić information content (AvgIpc) is 3.04. The van der Waals surface area contributed by atoms with Crippen molar-refractivity contribution >= 4 is 32.6 Å². The van der Waals surface area contributed by atoms with Crippen molar-refractivity contribution in [2.75, 3.05) is 32.1 Å². The molecule has 1 amide bonds. The first-order valence-corrected chi connectivity index (χ1v) is 9.77. The van der Waals surface area contributed by atoms with Crippen LogP contribution in [0.15, 0.2) is 42.5 Å². The number of likely N-dealkylation sites (N-methyl/N-ethyl adjacent to an activating group) is 1. The second-order valence-electron chi connectivity index (χ2n) is 7.02. The van der Waals surface area contributed by atoms with Crippen molar-refractivity contribution in [1.82, 2.24) is 4.98 Å². The molecule has 0 saturated carbocycles. The summed E-state index contributed by atoms with van der Waals surface area (Å²) in [5.41, 5.74) is 4.47. The maximum Gasteiger partial charge on any atom is 0.233 e. The Morgan fingerprint density at radius 1 is 1.12 bits per heavy atom. The number of hydrogen-bond acceptors (Lipinski definition) is 3. The molecule has 0 radical (unpaired) electrons. The Hall–Kier alpha value is -2.24. The number of nitrogens with zero attached hydrogens (tertiary/aromatic N) is 2. The van der Waals surface area contributed by atoms with E-state index in [1.54, 1.807) is 11.3 Å². The number of thiazole rings is 1. The van der Waals surface area contributed by atoms with Gasteiger partial charge in [-0.2, -0.15) is 0 Å². The first-order chi connectivity index (χ1) is 12.5. The normalized spacial score (nSPS) is 11.3. The van der Waals surface area contributed by atoms with Gasteiger partial charge in [-0.1, -0.05) is 47.7 Å². The molecule has 0 saturated heterocycles. The number of aromatic nitrogens is 1. The Morgan fingerprint density at radius 3 is 2.54 bits per heavy atom. The van der Waals surface area contributed by atoms with Crippen molar-refractivity contribution < 1.29 is 9.69 Å². The molecule has 0 spiro atoms. The summed E-state index contributed by atoms with van der Waals surface area (Å²) < 4.78 is 1.14. The number of anilines is 1. The van der Waals surface area contributed by atoms with Crippen LogP contribution in [0.3, 0.4) is 0 Å². The number of aryl methyl sites for hydroxylation is 2. The lowest BCUT2D eigenvalue weighted by molar-refractivity contribution is -0.856. The van der Waals surface area contributed by atoms with Gasteiger partial charge in [0, 0.05) is 0 Å². The number of carbonyl (C=O) groups is 1. The third-order valence-corrected chi connectivity index (χ3v) is 5.68. The SMILES string of the molecule is Cc1ccc2sc(N(CC[NH+](C)C)C(=O)Cc3ccccc3)nc2c1C. The Morgan fingerprint density at radius 2 is 1.85 bits per heavy atom. The van der Waals surface area contributed by atoms with Crippen LogP contribution in [0.2, 0.25) is 0 Å². The van der Waals surface area contributed by atoms with E-state index in [0.717, 1.165) is 27.5 Å². The quantitative estimate of drug-likeness (QED) is 0.726. The summed E-state index contributed by atoms with van der Waals surface area (Å²) in [6.07, 6.45) is 0.400. The topological polar surface area (TPSA) is 37.6 Å². The number of fused-ring (bicyclic) bond motifs is 1. The van der Waals surface area contributed by atoms with Gasteiger partial charge in [0.1, 0.15) is 0 Å². The Balaban J connectivity index is 1.92. The summed E-state index contributed by atoms with van der Waals surface area (Å²) in [6.45, 7) is 5.75. The molecule has 3 rings (SSSR count). The minimum absolute atomic E-state index is 0.103. The molecule has 3 aromatic rings. The molecule has 0 fully saturated rings. The first kappa shape index (κ1) is 18.5. The molecule has 1 N–H and O–H groups in total. The predicted octanol–water partition coefficient (Wildman–Crippen LogP) is 2.63. The molecule has 0 aliphatic rings. The summed E-state index contributed by atoms with van der Waals surface area (Å²) in [5.74, 6) is 0.103. The highest BCUT2D eigenvalue weighted by Gasteiger charge is 2.21. The van der Waals surface area contributed by atoms with Gasteiger partial charge < -0.3 is 4.90 Å². The van der Waals surface area contributed by atoms with Crippen LogP contribution in [0.4, 0.5) is 5.13 Å². The molecule has 0 aliphatic carbocycles. The number of rotatable bonds is 6. The van der Waals surface area contributed by atoms with Crippen LogP contribution in [-0.4, -0.2) is 38.1 Å². The highest BCUT2D eigenvalue weighted by Crippen LogP contribution is 2.32. The number of amides is 1. The molecule has 4 nitrogen and oxygen atoms in total. The number of carbonyl (C=O) groups excluding carboxylic acids is 1. The van der Waals surface area contributed by atoms with Crippen molar-refractivity contribution in [2.45, 2.75) is 20.3 Å². The molecule has 5 heteroatoms. The Labute approximate surface area is 159 Å². The lowest BCUT2D eigenvalue weighted by Gasteiger charge is -2.20. The minimum atomic E-state index is 0.103. The maximum atomic E-state index is 13.0. The van der Waals surface area contributed by atoms with E-state index < -0.39 is 0 Å². The molecule has 1 aromatic heterocycles. The average molecular weight is 369 g/mol. The van der Waals surface area contributed by atoms with E-state index in [4.69, 9.17) is 4.98 Å². The molecular formula is C21H26N3OS+. The van der Waals surface area contributed by atoms with E-state index in [9.17, 15) is 4.79 Å². The number of benzene rings is 2. The van der Waals surface area contributed by atoms with Gasteiger partial charge in [0.05, 0.1) is 43.8 Å². The van der Waals surface area contributed by atoms with Crippen LogP contribution in [0, 0.1) is 13.8 Å². The summed E-state index contributed by atoms with van der Waals surface area (Å²) in [5, 5.41) is 0.802. The van der Waals surface area contributed by atoms with Gasteiger partial charge in [-0.15, -0.1) is 0 Å². The zero-order valence-electron chi connectivity index (χ0n) is 15.9. The summed E-state index contributed by atoms with van der Waals surface area (Å²) >= 11 is 1.60. The second kappa shape index (κ2) is 7.98. The molecule has 2 aromatic carbocycles. The number of nitrogens with one attached hydrogen (secondary N) is 1. The van der Waals surface area contributed by atoms with Crippen LogP contribution >= 0.6 is 11.3 Å². The molecular weight excluding hydrogens is 342 g/mol. The molecule has 0 unspecified atom stereocenters. The smallest absolute Gasteiger partial charge is 0.233 e. The fraction of sp³-hybridized carbons (Fsp3) is 0.333. The third kappa shape index (κ3) is 4.11. The second-order valence-corrected chi connectivity index (χ2v) is 8.02. The third-order valence-electron chi connectivity index (χ3n) is 4.64. The summed E-state index contributed by atoms with van der Waals surface area (Å²) in [7, 11) is 4.21. The summed E-state index contributed by atoms with van der Waals surface area (Å²) in [4.78, 5) is 21.0. The van der Waals surface area contributed by atoms with Crippen LogP contribution in [-0.2, 0) is 11.2 Å². The lowest BCUT2D eigenvalue weighted by Crippen LogP contribution is -3.06. The van der Waals surface area contributed by atoms with E-state index >= 15 is 0 Å². The van der Waals surface area contributed by atoms with Gasteiger partial charge in [0.2, 0.25) is 5.91 Å². The molecule has 1 heterocycles. The monoisotopic (exact) mass is 368 g/mol. The fourth-order valence-electron chi connectivity index (χ4n) is 2.86. The van der Waals surface area contributed by atoms with E-state index in [1.807, 2.05) is 35.2 Å². The van der Waals surface area contributed by atoms with Gasteiger partial charge in [-0.25, -0.2) is 4.98 Å². The molecule has 0 aliphatic heterocycles. The predicted molar refractivity (Wildman–Crippen MR) is 109 cm³/mol. The van der Waals surface area contributed by atoms with Gasteiger partial charge in [-0.3, -0.25) is 9.69 Å². The van der Waals surface area contributed by atoms with Crippen molar-refractivity contribution in [1.29, 1.82) is 0 Å². The largest absolute Gasteiger partial charge is 0.338 e. The van der Waals surface area contributed by atoms with E-state index in [2.05, 4.69) is 40.1 Å². The summed E-state index contributed by atoms with van der Waals surface area (Å²) in [6, 6.07) is 14.1. The molecule has 0 atom stereocenters. The minimum Gasteiger partial charge on any atom is -0.338 e.